The number of nitrogen functional groups attached to an aromatic ring is 1. The Kier molecular flexibility index (Phi) is 4.85. The van der Waals surface area contributed by atoms with Crippen LogP contribution in [0.2, 0.25) is 0 Å². The molecule has 3 aromatic rings. The fourth-order valence-electron chi connectivity index (χ4n) is 3.24. The standard InChI is InChI=1S/C19H17F5N4O2/c1-9-4-5-11(18(30,10(2)29)17(3,20)21)6-12(9)13-7-26-16-15(25)27-14(8-28(13)16)19(22,23)24/h4-8,30H,1-3H3,(H2,25,27). The number of benzene rings is 1. The van der Waals surface area contributed by atoms with Crippen LogP contribution in [0.25, 0.3) is 16.9 Å². The molecule has 0 radical (unpaired) electrons. The van der Waals surface area contributed by atoms with Crippen LogP contribution in [-0.2, 0) is 16.6 Å². The van der Waals surface area contributed by atoms with Crippen molar-refractivity contribution in [2.45, 2.75) is 38.5 Å². The van der Waals surface area contributed by atoms with Crippen molar-refractivity contribution in [3.8, 4) is 11.3 Å². The number of nitrogens with zero attached hydrogens (tertiary/aromatic N) is 3. The van der Waals surface area contributed by atoms with Crippen LogP contribution in [0.4, 0.5) is 27.8 Å². The second kappa shape index (κ2) is 6.73. The summed E-state index contributed by atoms with van der Waals surface area (Å²) in [5.41, 5.74) is 1.51. The third-order valence-corrected chi connectivity index (χ3v) is 4.88. The molecule has 0 saturated carbocycles. The number of ketones is 1. The molecule has 0 aliphatic heterocycles. The molecule has 0 bridgehead atoms. The van der Waals surface area contributed by atoms with Gasteiger partial charge in [0.2, 0.25) is 5.60 Å². The topological polar surface area (TPSA) is 93.5 Å². The van der Waals surface area contributed by atoms with Gasteiger partial charge in [0.05, 0.1) is 11.9 Å². The average molecular weight is 428 g/mol. The van der Waals surface area contributed by atoms with Crippen LogP contribution in [0.5, 0.6) is 0 Å². The zero-order valence-electron chi connectivity index (χ0n) is 16.1. The maximum atomic E-state index is 14.1. The van der Waals surface area contributed by atoms with E-state index in [1.807, 2.05) is 0 Å². The number of nitrogens with two attached hydrogens (primary N) is 1. The predicted molar refractivity (Wildman–Crippen MR) is 97.8 cm³/mol. The van der Waals surface area contributed by atoms with Gasteiger partial charge < -0.3 is 10.8 Å². The molecule has 6 nitrogen and oxygen atoms in total. The van der Waals surface area contributed by atoms with E-state index >= 15 is 0 Å². The Morgan fingerprint density at radius 2 is 1.83 bits per heavy atom. The highest BCUT2D eigenvalue weighted by Gasteiger charge is 2.54. The summed E-state index contributed by atoms with van der Waals surface area (Å²) in [7, 11) is 0. The molecule has 0 aliphatic carbocycles. The zero-order valence-corrected chi connectivity index (χ0v) is 16.1. The number of Topliss-reactive ketones (excluding diaryl/α,β-unsaturated/α-hetero) is 1. The first-order valence-electron chi connectivity index (χ1n) is 8.61. The molecule has 0 fully saturated rings. The van der Waals surface area contributed by atoms with Gasteiger partial charge in [-0.25, -0.2) is 18.7 Å². The number of rotatable bonds is 4. The van der Waals surface area contributed by atoms with Crippen molar-refractivity contribution in [3.63, 3.8) is 0 Å². The predicted octanol–water partition coefficient (Wildman–Crippen LogP) is 3.74. The first-order chi connectivity index (χ1) is 13.7. The summed E-state index contributed by atoms with van der Waals surface area (Å²) in [6, 6.07) is 3.67. The van der Waals surface area contributed by atoms with Gasteiger partial charge >= 0.3 is 6.18 Å². The number of imidazole rings is 1. The number of anilines is 1. The van der Waals surface area contributed by atoms with Crippen molar-refractivity contribution in [3.05, 3.63) is 47.4 Å². The number of carbonyl (C=O) groups is 1. The fourth-order valence-corrected chi connectivity index (χ4v) is 3.24. The van der Waals surface area contributed by atoms with Crippen LogP contribution in [0, 0.1) is 6.92 Å². The van der Waals surface area contributed by atoms with E-state index in [0.29, 0.717) is 18.7 Å². The van der Waals surface area contributed by atoms with Crippen molar-refractivity contribution >= 4 is 17.2 Å². The molecule has 11 heteroatoms. The van der Waals surface area contributed by atoms with E-state index in [1.54, 1.807) is 6.92 Å². The number of aromatic nitrogens is 3. The highest BCUT2D eigenvalue weighted by molar-refractivity contribution is 5.88. The maximum Gasteiger partial charge on any atom is 0.434 e. The van der Waals surface area contributed by atoms with Gasteiger partial charge in [-0.2, -0.15) is 13.2 Å². The van der Waals surface area contributed by atoms with Crippen LogP contribution in [0.3, 0.4) is 0 Å². The summed E-state index contributed by atoms with van der Waals surface area (Å²) < 4.78 is 68.8. The minimum Gasteiger partial charge on any atom is -0.381 e. The van der Waals surface area contributed by atoms with Gasteiger partial charge in [0.25, 0.3) is 5.92 Å². The molecule has 1 aromatic carbocycles. The fraction of sp³-hybridized carbons (Fsp3) is 0.316. The molecule has 3 N–H and O–H groups in total. The van der Waals surface area contributed by atoms with Crippen molar-refractivity contribution in [2.24, 2.45) is 0 Å². The molecular formula is C19H17F5N4O2. The van der Waals surface area contributed by atoms with Crippen molar-refractivity contribution in [2.75, 3.05) is 5.73 Å². The minimum absolute atomic E-state index is 0.0644. The lowest BCUT2D eigenvalue weighted by molar-refractivity contribution is -0.185. The summed E-state index contributed by atoms with van der Waals surface area (Å²) in [5.74, 6) is -5.47. The number of aryl methyl sites for hydroxylation is 1. The van der Waals surface area contributed by atoms with E-state index in [0.717, 1.165) is 23.5 Å². The van der Waals surface area contributed by atoms with E-state index in [4.69, 9.17) is 5.73 Å². The van der Waals surface area contributed by atoms with E-state index in [9.17, 15) is 31.9 Å². The molecular weight excluding hydrogens is 411 g/mol. The van der Waals surface area contributed by atoms with Crippen LogP contribution in [0.15, 0.2) is 30.6 Å². The SMILES string of the molecule is CC(=O)C(O)(c1ccc(C)c(-c2cnc3c(N)nc(C(F)(F)F)cn23)c1)C(C)(F)F. The number of alkyl halides is 5. The molecule has 1 atom stereocenters. The molecule has 3 rings (SSSR count). The Morgan fingerprint density at radius 3 is 2.37 bits per heavy atom. The van der Waals surface area contributed by atoms with Crippen LogP contribution in [0.1, 0.15) is 30.7 Å². The van der Waals surface area contributed by atoms with Crippen molar-refractivity contribution in [1.29, 1.82) is 0 Å². The summed E-state index contributed by atoms with van der Waals surface area (Å²) in [6.45, 7) is 2.82. The lowest BCUT2D eigenvalue weighted by atomic mass is 9.83. The van der Waals surface area contributed by atoms with Crippen LogP contribution in [-0.4, -0.2) is 31.2 Å². The molecule has 160 valence electrons. The van der Waals surface area contributed by atoms with Gasteiger partial charge in [0, 0.05) is 18.7 Å². The summed E-state index contributed by atoms with van der Waals surface area (Å²) >= 11 is 0. The lowest BCUT2D eigenvalue weighted by Crippen LogP contribution is -2.48. The first-order valence-corrected chi connectivity index (χ1v) is 8.61. The Bertz CT molecular complexity index is 1150. The Hall–Kier alpha value is -3.08. The molecule has 0 amide bonds. The highest BCUT2D eigenvalue weighted by atomic mass is 19.4. The number of hydrogen-bond acceptors (Lipinski definition) is 5. The van der Waals surface area contributed by atoms with Gasteiger partial charge in [-0.15, -0.1) is 0 Å². The highest BCUT2D eigenvalue weighted by Crippen LogP contribution is 2.40. The number of halogens is 5. The van der Waals surface area contributed by atoms with E-state index in [1.165, 1.54) is 12.3 Å². The normalized spacial score (nSPS) is 14.7. The van der Waals surface area contributed by atoms with Crippen LogP contribution < -0.4 is 5.73 Å². The Labute approximate surface area is 167 Å². The largest absolute Gasteiger partial charge is 0.434 e. The maximum absolute atomic E-state index is 14.1. The molecule has 2 aromatic heterocycles. The third kappa shape index (κ3) is 3.28. The quantitative estimate of drug-likeness (QED) is 0.618. The molecule has 0 aliphatic rings. The number of hydrogen-bond donors (Lipinski definition) is 2. The smallest absolute Gasteiger partial charge is 0.381 e. The molecule has 0 saturated heterocycles. The monoisotopic (exact) mass is 428 g/mol. The number of aliphatic hydroxyl groups is 1. The molecule has 0 spiro atoms. The van der Waals surface area contributed by atoms with E-state index in [2.05, 4.69) is 9.97 Å². The van der Waals surface area contributed by atoms with Gasteiger partial charge in [-0.05, 0) is 31.0 Å². The van der Waals surface area contributed by atoms with Crippen molar-refractivity contribution < 1.29 is 31.9 Å². The molecule has 30 heavy (non-hydrogen) atoms. The van der Waals surface area contributed by atoms with Crippen molar-refractivity contribution in [1.82, 2.24) is 14.4 Å². The number of carbonyl (C=O) groups excluding carboxylic acids is 1. The van der Waals surface area contributed by atoms with E-state index < -0.39 is 40.6 Å². The minimum atomic E-state index is -4.78. The molecule has 2 heterocycles. The lowest BCUT2D eigenvalue weighted by Gasteiger charge is -2.32. The Morgan fingerprint density at radius 1 is 1.20 bits per heavy atom. The van der Waals surface area contributed by atoms with Gasteiger partial charge in [-0.1, -0.05) is 12.1 Å². The van der Waals surface area contributed by atoms with Gasteiger partial charge in [-0.3, -0.25) is 9.20 Å². The average Bonchev–Trinajstić information content (AvgIpc) is 3.04. The zero-order chi connectivity index (χ0) is 22.6. The van der Waals surface area contributed by atoms with Gasteiger partial charge in [0.1, 0.15) is 0 Å². The van der Waals surface area contributed by atoms with Crippen LogP contribution >= 0.6 is 0 Å². The second-order valence-electron chi connectivity index (χ2n) is 7.03. The molecule has 1 unspecified atom stereocenters. The second-order valence-corrected chi connectivity index (χ2v) is 7.03. The summed E-state index contributed by atoms with van der Waals surface area (Å²) in [5, 5.41) is 10.5. The summed E-state index contributed by atoms with van der Waals surface area (Å²) in [6.07, 6.45) is -2.89. The number of fused-ring (bicyclic) bond motifs is 1. The van der Waals surface area contributed by atoms with E-state index in [-0.39, 0.29) is 16.9 Å². The Balaban J connectivity index is 2.30. The third-order valence-electron chi connectivity index (χ3n) is 4.88. The first kappa shape index (κ1) is 21.6. The summed E-state index contributed by atoms with van der Waals surface area (Å²) in [4.78, 5) is 19.2. The van der Waals surface area contributed by atoms with Gasteiger partial charge in [0.15, 0.2) is 22.9 Å².